The fourth-order valence-corrected chi connectivity index (χ4v) is 3.46. The molecule has 0 aromatic heterocycles. The molecule has 0 aliphatic carbocycles. The average molecular weight is 570 g/mol. The Labute approximate surface area is 217 Å². The minimum atomic E-state index is -2.57. The van der Waals surface area contributed by atoms with Crippen molar-refractivity contribution in [2.45, 2.75) is 0 Å². The Hall–Kier alpha value is -5.14. The molecule has 0 saturated carbocycles. The van der Waals surface area contributed by atoms with Crippen LogP contribution in [0, 0.1) is 46.5 Å². The van der Waals surface area contributed by atoms with Crippen LogP contribution in [0.5, 0.6) is 23.0 Å². The van der Waals surface area contributed by atoms with Gasteiger partial charge < -0.3 is 19.7 Å². The van der Waals surface area contributed by atoms with E-state index in [9.17, 15) is 35.9 Å². The van der Waals surface area contributed by atoms with Crippen LogP contribution >= 0.6 is 0 Å². The van der Waals surface area contributed by atoms with Crippen LogP contribution in [-0.2, 0) is 0 Å². The summed E-state index contributed by atoms with van der Waals surface area (Å²) < 4.78 is 128. The number of ether oxygens (including phenoxy) is 2. The van der Waals surface area contributed by atoms with Gasteiger partial charge in [0.2, 0.25) is 23.1 Å². The van der Waals surface area contributed by atoms with E-state index in [2.05, 4.69) is 0 Å². The molecule has 0 radical (unpaired) electrons. The molecule has 0 spiro atoms. The summed E-state index contributed by atoms with van der Waals surface area (Å²) in [4.78, 5) is 22.2. The third kappa shape index (κ3) is 4.86. The SMILES string of the molecule is O=C(O)c1cccc(Oc2c(F)c(F)c(F)c(-c3c(F)c(F)c(F)c(Oc4cccc(C(=O)O)c4)c3F)c2F)c1. The van der Waals surface area contributed by atoms with Crippen molar-refractivity contribution in [1.82, 2.24) is 0 Å². The van der Waals surface area contributed by atoms with Gasteiger partial charge in [-0.1, -0.05) is 12.1 Å². The molecule has 0 saturated heterocycles. The molecule has 0 bridgehead atoms. The molecule has 2 N–H and O–H groups in total. The molecule has 0 heterocycles. The van der Waals surface area contributed by atoms with E-state index in [1.54, 1.807) is 0 Å². The lowest BCUT2D eigenvalue weighted by atomic mass is 10.0. The lowest BCUT2D eigenvalue weighted by Gasteiger charge is -2.17. The monoisotopic (exact) mass is 570 g/mol. The first-order valence-corrected chi connectivity index (χ1v) is 10.6. The van der Waals surface area contributed by atoms with Gasteiger partial charge in [0.05, 0.1) is 22.3 Å². The van der Waals surface area contributed by atoms with Crippen molar-refractivity contribution in [2.75, 3.05) is 0 Å². The highest BCUT2D eigenvalue weighted by Gasteiger charge is 2.36. The number of hydrogen-bond donors (Lipinski definition) is 2. The Morgan fingerprint density at radius 2 is 0.850 bits per heavy atom. The van der Waals surface area contributed by atoms with Crippen LogP contribution in [0.1, 0.15) is 20.7 Å². The van der Waals surface area contributed by atoms with Gasteiger partial charge in [0.25, 0.3) is 0 Å². The number of halogens is 8. The summed E-state index contributed by atoms with van der Waals surface area (Å²) in [5.41, 5.74) is -5.07. The highest BCUT2D eigenvalue weighted by molar-refractivity contribution is 5.88. The molecule has 0 aliphatic heterocycles. The van der Waals surface area contributed by atoms with Crippen LogP contribution in [0.25, 0.3) is 11.1 Å². The summed E-state index contributed by atoms with van der Waals surface area (Å²) >= 11 is 0. The summed E-state index contributed by atoms with van der Waals surface area (Å²) in [5.74, 6) is -27.4. The molecular weight excluding hydrogens is 560 g/mol. The number of aromatic carboxylic acids is 2. The van der Waals surface area contributed by atoms with E-state index in [0.29, 0.717) is 0 Å². The molecule has 4 aromatic rings. The zero-order valence-electron chi connectivity index (χ0n) is 19.2. The van der Waals surface area contributed by atoms with Crippen LogP contribution in [0.4, 0.5) is 35.1 Å². The van der Waals surface area contributed by atoms with Crippen molar-refractivity contribution in [3.05, 3.63) is 106 Å². The Morgan fingerprint density at radius 1 is 0.500 bits per heavy atom. The lowest BCUT2D eigenvalue weighted by Crippen LogP contribution is -2.09. The minimum Gasteiger partial charge on any atom is -0.478 e. The molecule has 40 heavy (non-hydrogen) atoms. The number of carbonyl (C=O) groups is 2. The number of carboxylic acids is 2. The number of carboxylic acid groups (broad SMARTS) is 2. The van der Waals surface area contributed by atoms with Crippen molar-refractivity contribution in [1.29, 1.82) is 0 Å². The van der Waals surface area contributed by atoms with Gasteiger partial charge in [0, 0.05) is 0 Å². The first kappa shape index (κ1) is 27.9. The van der Waals surface area contributed by atoms with Crippen molar-refractivity contribution in [3.8, 4) is 34.1 Å². The largest absolute Gasteiger partial charge is 0.478 e. The molecule has 0 unspecified atom stereocenters. The van der Waals surface area contributed by atoms with Gasteiger partial charge in [-0.3, -0.25) is 0 Å². The van der Waals surface area contributed by atoms with Gasteiger partial charge in [0.1, 0.15) is 11.5 Å². The molecule has 0 amide bonds. The van der Waals surface area contributed by atoms with Crippen LogP contribution in [-0.4, -0.2) is 22.2 Å². The van der Waals surface area contributed by atoms with Gasteiger partial charge in [0.15, 0.2) is 34.9 Å². The van der Waals surface area contributed by atoms with Crippen LogP contribution in [0.3, 0.4) is 0 Å². The summed E-state index contributed by atoms with van der Waals surface area (Å²) in [5, 5.41) is 18.1. The Morgan fingerprint density at radius 3 is 1.18 bits per heavy atom. The third-order valence-corrected chi connectivity index (χ3v) is 5.30. The van der Waals surface area contributed by atoms with E-state index in [1.165, 1.54) is 0 Å². The second-order valence-electron chi connectivity index (χ2n) is 7.79. The topological polar surface area (TPSA) is 93.1 Å². The van der Waals surface area contributed by atoms with E-state index < -0.39 is 104 Å². The molecule has 4 rings (SSSR count). The normalized spacial score (nSPS) is 10.9. The Bertz CT molecular complexity index is 1580. The van der Waals surface area contributed by atoms with E-state index >= 15 is 8.78 Å². The zero-order chi connectivity index (χ0) is 29.5. The zero-order valence-corrected chi connectivity index (χ0v) is 19.2. The van der Waals surface area contributed by atoms with Gasteiger partial charge >= 0.3 is 11.9 Å². The summed E-state index contributed by atoms with van der Waals surface area (Å²) in [6, 6.07) is 7.51. The fraction of sp³-hybridized carbons (Fsp3) is 0. The van der Waals surface area contributed by atoms with E-state index in [1.807, 2.05) is 0 Å². The highest BCUT2D eigenvalue weighted by Crippen LogP contribution is 2.44. The Kier molecular flexibility index (Phi) is 7.36. The quantitative estimate of drug-likeness (QED) is 0.136. The molecular formula is C26H10F8O6. The van der Waals surface area contributed by atoms with E-state index in [-0.39, 0.29) is 0 Å². The first-order chi connectivity index (χ1) is 18.8. The predicted octanol–water partition coefficient (Wildman–Crippen LogP) is 7.45. The molecule has 206 valence electrons. The second kappa shape index (κ2) is 10.6. The molecule has 0 aliphatic rings. The highest BCUT2D eigenvalue weighted by atomic mass is 19.2. The molecule has 6 nitrogen and oxygen atoms in total. The number of hydrogen-bond acceptors (Lipinski definition) is 4. The molecule has 4 aromatic carbocycles. The summed E-state index contributed by atoms with van der Waals surface area (Å²) in [7, 11) is 0. The van der Waals surface area contributed by atoms with Crippen LogP contribution in [0.2, 0.25) is 0 Å². The van der Waals surface area contributed by atoms with Gasteiger partial charge in [-0.25, -0.2) is 35.9 Å². The van der Waals surface area contributed by atoms with Gasteiger partial charge in [-0.2, -0.15) is 8.78 Å². The smallest absolute Gasteiger partial charge is 0.335 e. The average Bonchev–Trinajstić information content (AvgIpc) is 2.93. The van der Waals surface area contributed by atoms with Crippen LogP contribution in [0.15, 0.2) is 48.5 Å². The van der Waals surface area contributed by atoms with Gasteiger partial charge in [-0.15, -0.1) is 0 Å². The number of rotatable bonds is 7. The summed E-state index contributed by atoms with van der Waals surface area (Å²) in [6.45, 7) is 0. The van der Waals surface area contributed by atoms with Crippen LogP contribution < -0.4 is 9.47 Å². The fourth-order valence-electron chi connectivity index (χ4n) is 3.46. The maximum Gasteiger partial charge on any atom is 0.335 e. The molecule has 0 atom stereocenters. The van der Waals surface area contributed by atoms with E-state index in [0.717, 1.165) is 48.5 Å². The van der Waals surface area contributed by atoms with E-state index in [4.69, 9.17) is 19.7 Å². The van der Waals surface area contributed by atoms with Crippen molar-refractivity contribution < 1.29 is 64.4 Å². The number of benzene rings is 4. The second-order valence-corrected chi connectivity index (χ2v) is 7.79. The van der Waals surface area contributed by atoms with Crippen molar-refractivity contribution >= 4 is 11.9 Å². The first-order valence-electron chi connectivity index (χ1n) is 10.6. The van der Waals surface area contributed by atoms with Crippen molar-refractivity contribution in [3.63, 3.8) is 0 Å². The summed E-state index contributed by atoms with van der Waals surface area (Å²) in [6.07, 6.45) is 0. The van der Waals surface area contributed by atoms with Gasteiger partial charge in [-0.05, 0) is 36.4 Å². The standard InChI is InChI=1S/C26H10F8O6/c27-15-13(17(29)23(21(33)19(15)31)39-11-5-1-3-9(7-11)25(35)36)14-16(28)20(32)22(34)24(18(14)30)40-12-6-2-4-10(8-12)26(37)38/h1-8H,(H,35,36)(H,37,38). The van der Waals surface area contributed by atoms with Crippen molar-refractivity contribution in [2.24, 2.45) is 0 Å². The predicted molar refractivity (Wildman–Crippen MR) is 118 cm³/mol. The maximum absolute atomic E-state index is 15.4. The maximum atomic E-state index is 15.4. The lowest BCUT2D eigenvalue weighted by molar-refractivity contribution is 0.0686. The molecule has 14 heteroatoms. The molecule has 0 fully saturated rings. The third-order valence-electron chi connectivity index (χ3n) is 5.30. The Balaban J connectivity index is 1.93. The minimum absolute atomic E-state index is 0.465.